The largest absolute Gasteiger partial charge is 0.341 e. The second kappa shape index (κ2) is 9.06. The van der Waals surface area contributed by atoms with Gasteiger partial charge < -0.3 is 9.80 Å². The number of rotatable bonds is 5. The van der Waals surface area contributed by atoms with Gasteiger partial charge in [0.2, 0.25) is 11.9 Å². The molecule has 0 unspecified atom stereocenters. The molecule has 3 aromatic rings. The highest BCUT2D eigenvalue weighted by Gasteiger charge is 2.33. The van der Waals surface area contributed by atoms with Crippen LogP contribution in [0.1, 0.15) is 49.7 Å². The van der Waals surface area contributed by atoms with Gasteiger partial charge in [0, 0.05) is 50.8 Å². The fourth-order valence-corrected chi connectivity index (χ4v) is 4.91. The van der Waals surface area contributed by atoms with Crippen molar-refractivity contribution in [2.75, 3.05) is 24.5 Å². The van der Waals surface area contributed by atoms with E-state index in [9.17, 15) is 4.79 Å². The monoisotopic (exact) mass is 431 g/mol. The van der Waals surface area contributed by atoms with Gasteiger partial charge in [-0.25, -0.2) is 19.9 Å². The molecule has 2 aliphatic heterocycles. The summed E-state index contributed by atoms with van der Waals surface area (Å²) in [4.78, 5) is 35.4. The minimum absolute atomic E-state index is 0.0593. The molecule has 0 aromatic carbocycles. The average Bonchev–Trinajstić information content (AvgIpc) is 3.50. The molecule has 8 nitrogen and oxygen atoms in total. The van der Waals surface area contributed by atoms with E-state index in [-0.39, 0.29) is 11.9 Å². The highest BCUT2D eigenvalue weighted by Crippen LogP contribution is 2.33. The van der Waals surface area contributed by atoms with Gasteiger partial charge in [0.25, 0.3) is 0 Å². The van der Waals surface area contributed by atoms with Crippen LogP contribution in [0.4, 0.5) is 5.95 Å². The summed E-state index contributed by atoms with van der Waals surface area (Å²) in [5, 5.41) is 0. The van der Waals surface area contributed by atoms with Crippen LogP contribution < -0.4 is 4.90 Å². The number of amides is 1. The normalized spacial score (nSPS) is 19.5. The van der Waals surface area contributed by atoms with Gasteiger partial charge in [-0.3, -0.25) is 9.36 Å². The number of carbonyl (C=O) groups excluding carboxylic acids is 1. The molecule has 3 aromatic heterocycles. The summed E-state index contributed by atoms with van der Waals surface area (Å²) in [6.07, 6.45) is 11.9. The summed E-state index contributed by atoms with van der Waals surface area (Å²) < 4.78 is 1.98. The Labute approximate surface area is 188 Å². The van der Waals surface area contributed by atoms with E-state index in [0.29, 0.717) is 12.3 Å². The zero-order chi connectivity index (χ0) is 21.9. The Morgan fingerprint density at radius 1 is 1.00 bits per heavy atom. The number of aromatic nitrogens is 5. The molecule has 2 saturated heterocycles. The Bertz CT molecular complexity index is 1060. The molecule has 0 N–H and O–H groups in total. The van der Waals surface area contributed by atoms with E-state index >= 15 is 0 Å². The Kier molecular flexibility index (Phi) is 5.83. The molecular formula is C24H29N7O. The Balaban J connectivity index is 1.23. The van der Waals surface area contributed by atoms with Crippen LogP contribution in [0.2, 0.25) is 0 Å². The van der Waals surface area contributed by atoms with Gasteiger partial charge in [-0.1, -0.05) is 6.07 Å². The fraction of sp³-hybridized carbons (Fsp3) is 0.458. The van der Waals surface area contributed by atoms with Gasteiger partial charge in [-0.2, -0.15) is 0 Å². The summed E-state index contributed by atoms with van der Waals surface area (Å²) in [6.45, 7) is 4.59. The van der Waals surface area contributed by atoms with Gasteiger partial charge in [0.1, 0.15) is 11.6 Å². The first-order valence-corrected chi connectivity index (χ1v) is 11.5. The van der Waals surface area contributed by atoms with Gasteiger partial charge in [0.15, 0.2) is 0 Å². The van der Waals surface area contributed by atoms with Crippen molar-refractivity contribution < 1.29 is 4.79 Å². The van der Waals surface area contributed by atoms with E-state index in [1.54, 1.807) is 18.6 Å². The van der Waals surface area contributed by atoms with Crippen LogP contribution in [0.3, 0.4) is 0 Å². The minimum Gasteiger partial charge on any atom is -0.341 e. The third kappa shape index (κ3) is 4.22. The molecule has 0 spiro atoms. The lowest BCUT2D eigenvalue weighted by Crippen LogP contribution is -2.38. The van der Waals surface area contributed by atoms with Crippen LogP contribution in [0.25, 0.3) is 5.82 Å². The molecule has 8 heteroatoms. The van der Waals surface area contributed by atoms with E-state index < -0.39 is 0 Å². The first-order chi connectivity index (χ1) is 15.7. The molecule has 1 atom stereocenters. The summed E-state index contributed by atoms with van der Waals surface area (Å²) in [6, 6.07) is 7.96. The smallest absolute Gasteiger partial charge is 0.225 e. The number of anilines is 1. The van der Waals surface area contributed by atoms with Crippen molar-refractivity contribution in [2.24, 2.45) is 5.92 Å². The number of likely N-dealkylation sites (tertiary alicyclic amines) is 1. The maximum absolute atomic E-state index is 13.3. The van der Waals surface area contributed by atoms with Crippen molar-refractivity contribution in [3.63, 3.8) is 0 Å². The van der Waals surface area contributed by atoms with Gasteiger partial charge >= 0.3 is 0 Å². The highest BCUT2D eigenvalue weighted by molar-refractivity contribution is 5.77. The number of carbonyl (C=O) groups is 1. The third-order valence-corrected chi connectivity index (χ3v) is 6.66. The van der Waals surface area contributed by atoms with Crippen LogP contribution in [0, 0.1) is 12.8 Å². The van der Waals surface area contributed by atoms with Gasteiger partial charge in [0.05, 0.1) is 11.7 Å². The van der Waals surface area contributed by atoms with Crippen molar-refractivity contribution >= 4 is 11.9 Å². The van der Waals surface area contributed by atoms with Crippen molar-refractivity contribution in [3.05, 3.63) is 60.6 Å². The Hall–Kier alpha value is -3.29. The third-order valence-electron chi connectivity index (χ3n) is 6.66. The molecule has 0 saturated carbocycles. The summed E-state index contributed by atoms with van der Waals surface area (Å²) in [5.74, 6) is 3.22. The quantitative estimate of drug-likeness (QED) is 0.616. The predicted molar refractivity (Wildman–Crippen MR) is 121 cm³/mol. The van der Waals surface area contributed by atoms with E-state index in [2.05, 4.69) is 24.8 Å². The minimum atomic E-state index is 0.0593. The first-order valence-electron chi connectivity index (χ1n) is 11.5. The number of pyridine rings is 1. The number of hydrogen-bond acceptors (Lipinski definition) is 6. The number of nitrogens with zero attached hydrogens (tertiary/aromatic N) is 7. The predicted octanol–water partition coefficient (Wildman–Crippen LogP) is 3.34. The van der Waals surface area contributed by atoms with Crippen molar-refractivity contribution in [3.8, 4) is 5.82 Å². The maximum Gasteiger partial charge on any atom is 0.225 e. The number of imidazole rings is 1. The lowest BCUT2D eigenvalue weighted by Gasteiger charge is -2.33. The second-order valence-electron chi connectivity index (χ2n) is 8.69. The second-order valence-corrected chi connectivity index (χ2v) is 8.69. The van der Waals surface area contributed by atoms with Gasteiger partial charge in [-0.15, -0.1) is 0 Å². The standard InChI is InChI=1S/C24H29N7O/c1-18-25-12-16-30(18)22-7-2-5-20(28-22)21-6-3-13-31(21)23(32)17-19-8-14-29(15-9-19)24-26-10-4-11-27-24/h2,4-5,7,10-12,16,19,21H,3,6,8-9,13-15,17H2,1H3/t21-/m0/s1. The first kappa shape index (κ1) is 20.6. The zero-order valence-electron chi connectivity index (χ0n) is 18.5. The zero-order valence-corrected chi connectivity index (χ0v) is 18.5. The lowest BCUT2D eigenvalue weighted by molar-refractivity contribution is -0.133. The van der Waals surface area contributed by atoms with E-state index in [0.717, 1.165) is 68.6 Å². The fourth-order valence-electron chi connectivity index (χ4n) is 4.91. The van der Waals surface area contributed by atoms with E-state index in [1.165, 1.54) is 0 Å². The maximum atomic E-state index is 13.3. The van der Waals surface area contributed by atoms with Crippen LogP contribution in [0.5, 0.6) is 0 Å². The lowest BCUT2D eigenvalue weighted by atomic mass is 9.93. The molecule has 0 aliphatic carbocycles. The number of piperidine rings is 1. The van der Waals surface area contributed by atoms with Crippen LogP contribution in [-0.2, 0) is 4.79 Å². The highest BCUT2D eigenvalue weighted by atomic mass is 16.2. The van der Waals surface area contributed by atoms with Crippen molar-refractivity contribution in [1.82, 2.24) is 29.4 Å². The molecule has 2 aliphatic rings. The molecule has 1 amide bonds. The van der Waals surface area contributed by atoms with E-state index in [1.807, 2.05) is 42.0 Å². The molecule has 32 heavy (non-hydrogen) atoms. The van der Waals surface area contributed by atoms with Crippen molar-refractivity contribution in [1.29, 1.82) is 0 Å². The van der Waals surface area contributed by atoms with Gasteiger partial charge in [-0.05, 0) is 56.7 Å². The Morgan fingerprint density at radius 3 is 2.56 bits per heavy atom. The molecule has 0 bridgehead atoms. The average molecular weight is 432 g/mol. The number of hydrogen-bond donors (Lipinski definition) is 0. The molecule has 0 radical (unpaired) electrons. The van der Waals surface area contributed by atoms with Crippen LogP contribution in [0.15, 0.2) is 49.1 Å². The SMILES string of the molecule is Cc1nccn1-c1cccc([C@@H]2CCCN2C(=O)CC2CCN(c3ncccn3)CC2)n1. The molecule has 166 valence electrons. The molecule has 2 fully saturated rings. The Morgan fingerprint density at radius 2 is 1.81 bits per heavy atom. The summed E-state index contributed by atoms with van der Waals surface area (Å²) in [7, 11) is 0. The molecular weight excluding hydrogens is 402 g/mol. The summed E-state index contributed by atoms with van der Waals surface area (Å²) >= 11 is 0. The van der Waals surface area contributed by atoms with Crippen LogP contribution in [-0.4, -0.2) is 54.9 Å². The van der Waals surface area contributed by atoms with Crippen LogP contribution >= 0.6 is 0 Å². The number of aryl methyl sites for hydroxylation is 1. The summed E-state index contributed by atoms with van der Waals surface area (Å²) in [5.41, 5.74) is 0.970. The topological polar surface area (TPSA) is 80.0 Å². The molecule has 5 rings (SSSR count). The van der Waals surface area contributed by atoms with E-state index in [4.69, 9.17) is 4.98 Å². The molecule has 5 heterocycles. The van der Waals surface area contributed by atoms with Crippen molar-refractivity contribution in [2.45, 2.75) is 45.1 Å².